The van der Waals surface area contributed by atoms with Crippen LogP contribution in [0.1, 0.15) is 57.3 Å². The first-order valence-electron chi connectivity index (χ1n) is 9.21. The lowest BCUT2D eigenvalue weighted by Gasteiger charge is -2.18. The van der Waals surface area contributed by atoms with Gasteiger partial charge in [-0.2, -0.15) is 0 Å². The lowest BCUT2D eigenvalue weighted by Crippen LogP contribution is -2.05. The molecule has 0 aliphatic heterocycles. The smallest absolute Gasteiger partial charge is 0.0285 e. The van der Waals surface area contributed by atoms with Gasteiger partial charge in [-0.05, 0) is 83.0 Å². The lowest BCUT2D eigenvalue weighted by atomic mass is 9.89. The number of hydrogen-bond acceptors (Lipinski definition) is 0. The Morgan fingerprint density at radius 2 is 0.731 bits per heavy atom. The highest BCUT2D eigenvalue weighted by Crippen LogP contribution is 2.28. The van der Waals surface area contributed by atoms with Gasteiger partial charge in [0.25, 0.3) is 0 Å². The van der Waals surface area contributed by atoms with Crippen molar-refractivity contribution in [3.8, 4) is 0 Å². The largest absolute Gasteiger partial charge is 0.0876 e. The van der Waals surface area contributed by atoms with Gasteiger partial charge in [-0.25, -0.2) is 0 Å². The van der Waals surface area contributed by atoms with Gasteiger partial charge in [0.2, 0.25) is 0 Å². The van der Waals surface area contributed by atoms with Crippen LogP contribution in [0, 0.1) is 0 Å². The first kappa shape index (κ1) is 21.1. The van der Waals surface area contributed by atoms with E-state index in [-0.39, 0.29) is 0 Å². The zero-order valence-corrected chi connectivity index (χ0v) is 21.2. The summed E-state index contributed by atoms with van der Waals surface area (Å²) in [6.45, 7) is 0. The number of rotatable bonds is 4. The van der Waals surface area contributed by atoms with E-state index in [1.807, 2.05) is 0 Å². The Balaban J connectivity index is 1.97. The molecule has 3 rings (SSSR count). The molecule has 2 aromatic rings. The summed E-state index contributed by atoms with van der Waals surface area (Å²) in [5.41, 5.74) is 11.9. The average molecular weight is 608 g/mol. The van der Waals surface area contributed by atoms with Crippen LogP contribution >= 0.6 is 63.7 Å². The Hall–Kier alpha value is 0.360. The molecule has 0 aromatic heterocycles. The third kappa shape index (κ3) is 4.85. The third-order valence-electron chi connectivity index (χ3n) is 5.40. The van der Waals surface area contributed by atoms with Gasteiger partial charge in [-0.3, -0.25) is 0 Å². The molecule has 0 atom stereocenters. The Morgan fingerprint density at radius 3 is 0.962 bits per heavy atom. The van der Waals surface area contributed by atoms with Crippen molar-refractivity contribution >= 4 is 63.7 Å². The quantitative estimate of drug-likeness (QED) is 0.310. The average Bonchev–Trinajstić information content (AvgIpc) is 2.67. The van der Waals surface area contributed by atoms with Crippen molar-refractivity contribution in [1.82, 2.24) is 0 Å². The minimum atomic E-state index is 0.944. The summed E-state index contributed by atoms with van der Waals surface area (Å²) in [6.07, 6.45) is 7.06. The van der Waals surface area contributed by atoms with Gasteiger partial charge in [0.15, 0.2) is 0 Å². The standard InChI is InChI=1S/C22H24Br4/c23-11-19-9-21(13-25)17-5-2-6-18-8-16(4-1-3-15(19)7-17)20(12-24)10-22(18)14-26/h7-10H,1-6,11-14H2. The Kier molecular flexibility index (Phi) is 8.29. The van der Waals surface area contributed by atoms with E-state index in [0.717, 1.165) is 47.0 Å². The second kappa shape index (κ2) is 10.2. The van der Waals surface area contributed by atoms with Crippen LogP contribution in [0.25, 0.3) is 0 Å². The first-order valence-corrected chi connectivity index (χ1v) is 13.7. The van der Waals surface area contributed by atoms with Crippen molar-refractivity contribution < 1.29 is 0 Å². The molecule has 0 radical (unpaired) electrons. The summed E-state index contributed by atoms with van der Waals surface area (Å²) >= 11 is 14.8. The number of alkyl halides is 4. The highest BCUT2D eigenvalue weighted by Gasteiger charge is 2.14. The van der Waals surface area contributed by atoms with E-state index in [1.165, 1.54) is 57.3 Å². The van der Waals surface area contributed by atoms with Gasteiger partial charge in [0.1, 0.15) is 0 Å². The van der Waals surface area contributed by atoms with E-state index in [9.17, 15) is 0 Å². The molecule has 4 heteroatoms. The minimum absolute atomic E-state index is 0.944. The summed E-state index contributed by atoms with van der Waals surface area (Å²) < 4.78 is 0. The van der Waals surface area contributed by atoms with Gasteiger partial charge in [0.05, 0.1) is 0 Å². The summed E-state index contributed by atoms with van der Waals surface area (Å²) in [7, 11) is 0. The molecular weight excluding hydrogens is 584 g/mol. The van der Waals surface area contributed by atoms with Gasteiger partial charge >= 0.3 is 0 Å². The van der Waals surface area contributed by atoms with E-state index in [1.54, 1.807) is 0 Å². The minimum Gasteiger partial charge on any atom is -0.0876 e. The summed E-state index contributed by atoms with van der Waals surface area (Å²) in [5, 5.41) is 3.78. The van der Waals surface area contributed by atoms with Crippen molar-refractivity contribution in [1.29, 1.82) is 0 Å². The van der Waals surface area contributed by atoms with E-state index >= 15 is 0 Å². The maximum Gasteiger partial charge on any atom is 0.0285 e. The second-order valence-corrected chi connectivity index (χ2v) is 9.26. The molecule has 0 amide bonds. The van der Waals surface area contributed by atoms with Gasteiger partial charge in [-0.15, -0.1) is 0 Å². The van der Waals surface area contributed by atoms with Crippen molar-refractivity contribution in [2.24, 2.45) is 0 Å². The summed E-state index contributed by atoms with van der Waals surface area (Å²) in [4.78, 5) is 0. The molecule has 140 valence electrons. The molecule has 0 fully saturated rings. The third-order valence-corrected chi connectivity index (χ3v) is 7.82. The fraction of sp³-hybridized carbons (Fsp3) is 0.455. The van der Waals surface area contributed by atoms with Crippen molar-refractivity contribution in [2.45, 2.75) is 59.8 Å². The van der Waals surface area contributed by atoms with E-state index in [4.69, 9.17) is 0 Å². The van der Waals surface area contributed by atoms with Crippen LogP contribution in [0.5, 0.6) is 0 Å². The van der Waals surface area contributed by atoms with Crippen LogP contribution in [0.2, 0.25) is 0 Å². The molecule has 0 spiro atoms. The zero-order chi connectivity index (χ0) is 18.5. The maximum absolute atomic E-state index is 3.69. The zero-order valence-electron chi connectivity index (χ0n) is 14.9. The molecule has 0 unspecified atom stereocenters. The van der Waals surface area contributed by atoms with Gasteiger partial charge in [0, 0.05) is 21.3 Å². The number of hydrogen-bond donors (Lipinski definition) is 0. The highest BCUT2D eigenvalue weighted by molar-refractivity contribution is 9.09. The molecule has 1 aliphatic rings. The summed E-state index contributed by atoms with van der Waals surface area (Å²) in [6, 6.07) is 9.79. The lowest BCUT2D eigenvalue weighted by molar-refractivity contribution is 0.775. The Labute approximate surface area is 191 Å². The molecular formula is C22H24Br4. The molecule has 4 bridgehead atoms. The fourth-order valence-electron chi connectivity index (χ4n) is 3.95. The van der Waals surface area contributed by atoms with Crippen molar-refractivity contribution in [3.63, 3.8) is 0 Å². The van der Waals surface area contributed by atoms with Crippen LogP contribution < -0.4 is 0 Å². The number of aryl methyl sites for hydroxylation is 4. The number of benzene rings is 2. The van der Waals surface area contributed by atoms with Crippen LogP contribution in [0.15, 0.2) is 24.3 Å². The van der Waals surface area contributed by atoms with Crippen molar-refractivity contribution in [2.75, 3.05) is 0 Å². The molecule has 1 aliphatic carbocycles. The molecule has 0 saturated heterocycles. The van der Waals surface area contributed by atoms with Gasteiger partial charge in [-0.1, -0.05) is 88.0 Å². The molecule has 2 aromatic carbocycles. The SMILES string of the molecule is BrCc1cc(CBr)c2cc1CCCc1cc(c(CBr)cc1CBr)CCC2. The van der Waals surface area contributed by atoms with Crippen molar-refractivity contribution in [3.05, 3.63) is 68.8 Å². The highest BCUT2D eigenvalue weighted by atomic mass is 79.9. The van der Waals surface area contributed by atoms with Crippen LogP contribution in [-0.4, -0.2) is 0 Å². The second-order valence-electron chi connectivity index (χ2n) is 7.02. The normalized spacial score (nSPS) is 14.6. The van der Waals surface area contributed by atoms with Crippen LogP contribution in [0.4, 0.5) is 0 Å². The molecule has 0 saturated carbocycles. The van der Waals surface area contributed by atoms with Crippen LogP contribution in [-0.2, 0) is 47.0 Å². The predicted octanol–water partition coefficient (Wildman–Crippen LogP) is 7.93. The number of fused-ring (bicyclic) bond motifs is 4. The topological polar surface area (TPSA) is 0 Å². The molecule has 26 heavy (non-hydrogen) atoms. The fourth-order valence-corrected chi connectivity index (χ4v) is 6.04. The van der Waals surface area contributed by atoms with Crippen LogP contribution in [0.3, 0.4) is 0 Å². The molecule has 0 nitrogen and oxygen atoms in total. The Morgan fingerprint density at radius 1 is 0.462 bits per heavy atom. The molecule has 0 N–H and O–H groups in total. The predicted molar refractivity (Wildman–Crippen MR) is 127 cm³/mol. The van der Waals surface area contributed by atoms with E-state index in [2.05, 4.69) is 88.0 Å². The monoisotopic (exact) mass is 604 g/mol. The molecule has 0 heterocycles. The number of halogens is 4. The Bertz CT molecular complexity index is 647. The summed E-state index contributed by atoms with van der Waals surface area (Å²) in [5.74, 6) is 0. The van der Waals surface area contributed by atoms with Gasteiger partial charge < -0.3 is 0 Å². The van der Waals surface area contributed by atoms with E-state index < -0.39 is 0 Å². The maximum atomic E-state index is 3.69. The first-order chi connectivity index (χ1) is 12.7. The van der Waals surface area contributed by atoms with E-state index in [0.29, 0.717) is 0 Å².